The van der Waals surface area contributed by atoms with Gasteiger partial charge in [-0.15, -0.1) is 0 Å². The van der Waals surface area contributed by atoms with Crippen LogP contribution in [-0.2, 0) is 5.41 Å². The molecule has 2 rings (SSSR count). The molecule has 1 nitrogen and oxygen atoms in total. The fourth-order valence-corrected chi connectivity index (χ4v) is 2.84. The predicted molar refractivity (Wildman–Crippen MR) is 65.0 cm³/mol. The Morgan fingerprint density at radius 1 is 1.28 bits per heavy atom. The van der Waals surface area contributed by atoms with Gasteiger partial charge in [-0.05, 0) is 24.8 Å². The van der Waals surface area contributed by atoms with Crippen LogP contribution in [0.25, 0.3) is 0 Å². The van der Waals surface area contributed by atoms with Crippen molar-refractivity contribution in [2.45, 2.75) is 45.1 Å². The lowest BCUT2D eigenvalue weighted by Crippen LogP contribution is -2.22. The molecule has 0 spiro atoms. The van der Waals surface area contributed by atoms with Gasteiger partial charge in [0.05, 0.1) is 0 Å². The van der Waals surface area contributed by atoms with Crippen LogP contribution in [0.15, 0.2) is 6.07 Å². The van der Waals surface area contributed by atoms with E-state index in [4.69, 9.17) is 0 Å². The second kappa shape index (κ2) is 4.57. The summed E-state index contributed by atoms with van der Waals surface area (Å²) in [7, 11) is 0. The fraction of sp³-hybridized carbons (Fsp3) is 0.571. The largest absolute Gasteiger partial charge is 0.310 e. The average molecular weight is 257 g/mol. The molecule has 1 aliphatic carbocycles. The molecule has 1 atom stereocenters. The van der Waals surface area contributed by atoms with Crippen LogP contribution in [0.5, 0.6) is 0 Å². The lowest BCUT2D eigenvalue weighted by atomic mass is 9.86. The van der Waals surface area contributed by atoms with E-state index in [2.05, 4.69) is 5.32 Å². The molecule has 100 valence electrons. The van der Waals surface area contributed by atoms with E-state index in [1.54, 1.807) is 0 Å². The Hall–Kier alpha value is -1.03. The Kier molecular flexibility index (Phi) is 3.41. The number of benzene rings is 1. The number of rotatable bonds is 3. The van der Waals surface area contributed by atoms with E-state index < -0.39 is 22.9 Å². The molecule has 0 bridgehead atoms. The Bertz CT molecular complexity index is 469. The van der Waals surface area contributed by atoms with Gasteiger partial charge in [0.1, 0.15) is 5.82 Å². The molecule has 0 amide bonds. The molecule has 1 aliphatic rings. The van der Waals surface area contributed by atoms with Crippen LogP contribution in [0.1, 0.15) is 50.8 Å². The van der Waals surface area contributed by atoms with Gasteiger partial charge in [0.15, 0.2) is 11.6 Å². The van der Waals surface area contributed by atoms with Crippen molar-refractivity contribution in [1.82, 2.24) is 5.32 Å². The molecule has 1 aromatic rings. The minimum Gasteiger partial charge on any atom is -0.310 e. The standard InChI is InChI=1S/C14H18F3N/c1-4-5-18-10-7-14(2,3)12-8(15)6-9(16)13(17)11(10)12/h6,10,18H,4-5,7H2,1-3H3. The molecule has 1 unspecified atom stereocenters. The van der Waals surface area contributed by atoms with Gasteiger partial charge in [-0.1, -0.05) is 20.8 Å². The minimum absolute atomic E-state index is 0.172. The van der Waals surface area contributed by atoms with E-state index >= 15 is 0 Å². The van der Waals surface area contributed by atoms with Crippen molar-refractivity contribution in [1.29, 1.82) is 0 Å². The first kappa shape index (κ1) is 13.4. The first-order chi connectivity index (χ1) is 8.38. The lowest BCUT2D eigenvalue weighted by molar-refractivity contribution is 0.415. The van der Waals surface area contributed by atoms with Crippen molar-refractivity contribution < 1.29 is 13.2 Å². The van der Waals surface area contributed by atoms with Crippen molar-refractivity contribution in [2.24, 2.45) is 0 Å². The normalized spacial score (nSPS) is 21.1. The van der Waals surface area contributed by atoms with E-state index in [9.17, 15) is 13.2 Å². The quantitative estimate of drug-likeness (QED) is 0.811. The Morgan fingerprint density at radius 3 is 2.56 bits per heavy atom. The number of fused-ring (bicyclic) bond motifs is 1. The Balaban J connectivity index is 2.53. The van der Waals surface area contributed by atoms with Gasteiger partial charge >= 0.3 is 0 Å². The summed E-state index contributed by atoms with van der Waals surface area (Å²) in [6.45, 7) is 6.42. The zero-order chi connectivity index (χ0) is 13.5. The molecule has 4 heteroatoms. The SMILES string of the molecule is CCCNC1CC(C)(C)c2c(F)cc(F)c(F)c21. The van der Waals surface area contributed by atoms with Gasteiger partial charge in [-0.25, -0.2) is 13.2 Å². The van der Waals surface area contributed by atoms with Crippen LogP contribution < -0.4 is 5.32 Å². The topological polar surface area (TPSA) is 12.0 Å². The van der Waals surface area contributed by atoms with Gasteiger partial charge in [0, 0.05) is 23.2 Å². The third-order valence-electron chi connectivity index (χ3n) is 3.59. The monoisotopic (exact) mass is 257 g/mol. The van der Waals surface area contributed by atoms with Crippen LogP contribution in [0, 0.1) is 17.5 Å². The van der Waals surface area contributed by atoms with Crippen LogP contribution in [0.4, 0.5) is 13.2 Å². The summed E-state index contributed by atoms with van der Waals surface area (Å²) in [5, 5.41) is 3.17. The maximum Gasteiger partial charge on any atom is 0.164 e. The van der Waals surface area contributed by atoms with Crippen LogP contribution >= 0.6 is 0 Å². The zero-order valence-corrected chi connectivity index (χ0v) is 10.9. The van der Waals surface area contributed by atoms with Crippen LogP contribution in [-0.4, -0.2) is 6.54 Å². The van der Waals surface area contributed by atoms with Crippen molar-refractivity contribution in [3.8, 4) is 0 Å². The summed E-state index contributed by atoms with van der Waals surface area (Å²) in [5.74, 6) is -2.66. The summed E-state index contributed by atoms with van der Waals surface area (Å²) in [4.78, 5) is 0. The van der Waals surface area contributed by atoms with Gasteiger partial charge in [0.2, 0.25) is 0 Å². The maximum absolute atomic E-state index is 13.9. The third-order valence-corrected chi connectivity index (χ3v) is 3.59. The molecule has 0 saturated heterocycles. The molecular formula is C14H18F3N. The van der Waals surface area contributed by atoms with E-state index in [-0.39, 0.29) is 11.6 Å². The van der Waals surface area contributed by atoms with Gasteiger partial charge in [-0.2, -0.15) is 0 Å². The zero-order valence-electron chi connectivity index (χ0n) is 10.9. The number of hydrogen-bond donors (Lipinski definition) is 1. The summed E-state index contributed by atoms with van der Waals surface area (Å²) in [5.41, 5.74) is 0.0141. The molecule has 1 aromatic carbocycles. The highest BCUT2D eigenvalue weighted by Crippen LogP contribution is 2.47. The van der Waals surface area contributed by atoms with Crippen molar-refractivity contribution in [2.75, 3.05) is 6.54 Å². The predicted octanol–water partition coefficient (Wildman–Crippen LogP) is 3.83. The highest BCUT2D eigenvalue weighted by atomic mass is 19.2. The Morgan fingerprint density at radius 2 is 1.94 bits per heavy atom. The van der Waals surface area contributed by atoms with E-state index in [0.29, 0.717) is 24.6 Å². The highest BCUT2D eigenvalue weighted by Gasteiger charge is 2.42. The lowest BCUT2D eigenvalue weighted by Gasteiger charge is -2.19. The number of nitrogens with one attached hydrogen (secondary N) is 1. The first-order valence-corrected chi connectivity index (χ1v) is 6.29. The van der Waals surface area contributed by atoms with Crippen LogP contribution in [0.3, 0.4) is 0 Å². The molecule has 0 heterocycles. The van der Waals surface area contributed by atoms with E-state index in [1.807, 2.05) is 20.8 Å². The second-order valence-electron chi connectivity index (χ2n) is 5.54. The third kappa shape index (κ3) is 2.03. The fourth-order valence-electron chi connectivity index (χ4n) is 2.84. The number of hydrogen-bond acceptors (Lipinski definition) is 1. The molecule has 1 N–H and O–H groups in total. The van der Waals surface area contributed by atoms with Gasteiger partial charge in [-0.3, -0.25) is 0 Å². The average Bonchev–Trinajstić information content (AvgIpc) is 2.55. The molecule has 18 heavy (non-hydrogen) atoms. The summed E-state index contributed by atoms with van der Waals surface area (Å²) in [6, 6.07) is 0.345. The smallest absolute Gasteiger partial charge is 0.164 e. The van der Waals surface area contributed by atoms with Crippen molar-refractivity contribution in [3.05, 3.63) is 34.6 Å². The molecule has 0 aromatic heterocycles. The van der Waals surface area contributed by atoms with Crippen molar-refractivity contribution >= 4 is 0 Å². The van der Waals surface area contributed by atoms with Gasteiger partial charge in [0.25, 0.3) is 0 Å². The highest BCUT2D eigenvalue weighted by molar-refractivity contribution is 5.43. The van der Waals surface area contributed by atoms with Gasteiger partial charge < -0.3 is 5.32 Å². The van der Waals surface area contributed by atoms with Crippen LogP contribution in [0.2, 0.25) is 0 Å². The molecular weight excluding hydrogens is 239 g/mol. The Labute approximate surface area is 105 Å². The van der Waals surface area contributed by atoms with E-state index in [0.717, 1.165) is 6.42 Å². The molecule has 0 saturated carbocycles. The summed E-state index contributed by atoms with van der Waals surface area (Å²) < 4.78 is 41.1. The molecule has 0 radical (unpaired) electrons. The van der Waals surface area contributed by atoms with Crippen molar-refractivity contribution in [3.63, 3.8) is 0 Å². The molecule has 0 aliphatic heterocycles. The molecule has 0 fully saturated rings. The minimum atomic E-state index is -1.10. The summed E-state index contributed by atoms with van der Waals surface area (Å²) >= 11 is 0. The first-order valence-electron chi connectivity index (χ1n) is 6.29. The second-order valence-corrected chi connectivity index (χ2v) is 5.54. The maximum atomic E-state index is 13.9. The summed E-state index contributed by atoms with van der Waals surface area (Å²) in [6.07, 6.45) is 1.48. The van der Waals surface area contributed by atoms with E-state index in [1.165, 1.54) is 0 Å². The number of halogens is 3.